The zero-order valence-electron chi connectivity index (χ0n) is 14.1. The number of aromatic nitrogens is 1. The predicted octanol–water partition coefficient (Wildman–Crippen LogP) is 3.85. The zero-order valence-corrected chi connectivity index (χ0v) is 17.2. The summed E-state index contributed by atoms with van der Waals surface area (Å²) in [6, 6.07) is 8.69. The van der Waals surface area contributed by atoms with Gasteiger partial charge in [0.1, 0.15) is 5.01 Å². The van der Waals surface area contributed by atoms with Gasteiger partial charge in [-0.3, -0.25) is 4.99 Å². The van der Waals surface area contributed by atoms with Gasteiger partial charge in [-0.15, -0.1) is 35.3 Å². The molecule has 1 unspecified atom stereocenters. The van der Waals surface area contributed by atoms with Crippen molar-refractivity contribution >= 4 is 41.3 Å². The van der Waals surface area contributed by atoms with E-state index in [-0.39, 0.29) is 24.0 Å². The molecule has 0 bridgehead atoms. The van der Waals surface area contributed by atoms with Crippen molar-refractivity contribution in [3.63, 3.8) is 0 Å². The third-order valence-electron chi connectivity index (χ3n) is 3.52. The highest BCUT2D eigenvalue weighted by Crippen LogP contribution is 2.14. The molecule has 4 nitrogen and oxygen atoms in total. The van der Waals surface area contributed by atoms with Gasteiger partial charge in [0.2, 0.25) is 0 Å². The molecule has 0 saturated carbocycles. The minimum absolute atomic E-state index is 0. The van der Waals surface area contributed by atoms with E-state index in [9.17, 15) is 0 Å². The fourth-order valence-electron chi connectivity index (χ4n) is 2.13. The Morgan fingerprint density at radius 3 is 2.48 bits per heavy atom. The second kappa shape index (κ2) is 9.87. The lowest BCUT2D eigenvalue weighted by Gasteiger charge is -2.16. The van der Waals surface area contributed by atoms with Crippen molar-refractivity contribution in [2.24, 2.45) is 4.99 Å². The highest BCUT2D eigenvalue weighted by atomic mass is 127. The van der Waals surface area contributed by atoms with Gasteiger partial charge in [0.25, 0.3) is 0 Å². The Balaban J connectivity index is 0.00000264. The van der Waals surface area contributed by atoms with Crippen LogP contribution in [-0.4, -0.2) is 24.5 Å². The van der Waals surface area contributed by atoms with E-state index in [0.29, 0.717) is 12.5 Å². The average Bonchev–Trinajstić information content (AvgIpc) is 2.93. The maximum atomic E-state index is 4.35. The normalized spacial score (nSPS) is 12.4. The van der Waals surface area contributed by atoms with Gasteiger partial charge in [-0.25, -0.2) is 4.98 Å². The third kappa shape index (κ3) is 6.47. The van der Waals surface area contributed by atoms with Crippen LogP contribution in [0.2, 0.25) is 0 Å². The maximum Gasteiger partial charge on any atom is 0.191 e. The number of aryl methyl sites for hydroxylation is 2. The van der Waals surface area contributed by atoms with Crippen molar-refractivity contribution in [3.05, 3.63) is 51.5 Å². The van der Waals surface area contributed by atoms with Crippen molar-refractivity contribution in [1.82, 2.24) is 15.6 Å². The molecular weight excluding hydrogens is 419 g/mol. The van der Waals surface area contributed by atoms with Gasteiger partial charge >= 0.3 is 0 Å². The molecule has 0 aliphatic carbocycles. The molecule has 0 amide bonds. The maximum absolute atomic E-state index is 4.35. The van der Waals surface area contributed by atoms with Crippen LogP contribution in [0.25, 0.3) is 0 Å². The highest BCUT2D eigenvalue weighted by molar-refractivity contribution is 14.0. The first kappa shape index (κ1) is 19.9. The standard InChI is InChI=1S/C17H24N4S.HI/c1-12-5-7-15(8-6-12)13(2)9-20-17(18-4)21-11-16-19-10-14(3)22-16;/h5-8,10,13H,9,11H2,1-4H3,(H2,18,20,21);1H. The van der Waals surface area contributed by atoms with Crippen molar-refractivity contribution in [3.8, 4) is 0 Å². The lowest BCUT2D eigenvalue weighted by molar-refractivity contribution is 0.698. The van der Waals surface area contributed by atoms with Crippen molar-refractivity contribution < 1.29 is 0 Å². The summed E-state index contributed by atoms with van der Waals surface area (Å²) in [5.41, 5.74) is 2.63. The van der Waals surface area contributed by atoms with Crippen LogP contribution in [0.3, 0.4) is 0 Å². The number of halogens is 1. The zero-order chi connectivity index (χ0) is 15.9. The SMILES string of the molecule is CN=C(NCc1ncc(C)s1)NCC(C)c1ccc(C)cc1.I. The van der Waals surface area contributed by atoms with Gasteiger partial charge in [-0.2, -0.15) is 0 Å². The van der Waals surface area contributed by atoms with Gasteiger partial charge in [0.15, 0.2) is 5.96 Å². The number of guanidine groups is 1. The van der Waals surface area contributed by atoms with E-state index >= 15 is 0 Å². The molecule has 0 fully saturated rings. The molecule has 0 saturated heterocycles. The van der Waals surface area contributed by atoms with Gasteiger partial charge < -0.3 is 10.6 Å². The number of nitrogens with zero attached hydrogens (tertiary/aromatic N) is 2. The van der Waals surface area contributed by atoms with Gasteiger partial charge in [0, 0.05) is 24.7 Å². The summed E-state index contributed by atoms with van der Waals surface area (Å²) >= 11 is 1.71. The number of benzene rings is 1. The number of aliphatic imine (C=N–C) groups is 1. The fourth-order valence-corrected chi connectivity index (χ4v) is 2.85. The Labute approximate surface area is 159 Å². The average molecular weight is 444 g/mol. The Bertz CT molecular complexity index is 622. The van der Waals surface area contributed by atoms with Gasteiger partial charge in [-0.1, -0.05) is 36.8 Å². The second-order valence-electron chi connectivity index (χ2n) is 5.48. The predicted molar refractivity (Wildman–Crippen MR) is 110 cm³/mol. The number of rotatable bonds is 5. The fraction of sp³-hybridized carbons (Fsp3) is 0.412. The van der Waals surface area contributed by atoms with E-state index in [1.165, 1.54) is 16.0 Å². The Morgan fingerprint density at radius 2 is 1.91 bits per heavy atom. The van der Waals surface area contributed by atoms with Crippen LogP contribution in [0, 0.1) is 13.8 Å². The summed E-state index contributed by atoms with van der Waals surface area (Å²) in [7, 11) is 1.79. The minimum Gasteiger partial charge on any atom is -0.356 e. The molecule has 1 heterocycles. The molecule has 0 aliphatic heterocycles. The lowest BCUT2D eigenvalue weighted by atomic mass is 10.0. The van der Waals surface area contributed by atoms with Crippen molar-refractivity contribution in [2.75, 3.05) is 13.6 Å². The summed E-state index contributed by atoms with van der Waals surface area (Å²) in [5.74, 6) is 1.24. The van der Waals surface area contributed by atoms with E-state index in [2.05, 4.69) is 65.6 Å². The number of nitrogens with one attached hydrogen (secondary N) is 2. The molecule has 23 heavy (non-hydrogen) atoms. The number of thiazole rings is 1. The second-order valence-corrected chi connectivity index (χ2v) is 6.80. The van der Waals surface area contributed by atoms with Crippen LogP contribution in [0.1, 0.15) is 33.9 Å². The van der Waals surface area contributed by atoms with Crippen LogP contribution in [0.5, 0.6) is 0 Å². The van der Waals surface area contributed by atoms with Crippen LogP contribution in [-0.2, 0) is 6.54 Å². The Hall–Kier alpha value is -1.15. The van der Waals surface area contributed by atoms with Crippen LogP contribution in [0.15, 0.2) is 35.5 Å². The lowest BCUT2D eigenvalue weighted by Crippen LogP contribution is -2.38. The first-order valence-electron chi connectivity index (χ1n) is 7.51. The van der Waals surface area contributed by atoms with Crippen LogP contribution >= 0.6 is 35.3 Å². The quantitative estimate of drug-likeness (QED) is 0.419. The van der Waals surface area contributed by atoms with E-state index in [4.69, 9.17) is 0 Å². The summed E-state index contributed by atoms with van der Waals surface area (Å²) in [4.78, 5) is 9.84. The molecule has 0 aliphatic rings. The molecule has 126 valence electrons. The molecule has 2 N–H and O–H groups in total. The number of hydrogen-bond acceptors (Lipinski definition) is 3. The van der Waals surface area contributed by atoms with Crippen molar-refractivity contribution in [2.45, 2.75) is 33.2 Å². The smallest absolute Gasteiger partial charge is 0.191 e. The highest BCUT2D eigenvalue weighted by Gasteiger charge is 2.07. The molecule has 0 spiro atoms. The molecule has 0 radical (unpaired) electrons. The molecule has 1 atom stereocenters. The third-order valence-corrected chi connectivity index (χ3v) is 4.43. The van der Waals surface area contributed by atoms with Crippen LogP contribution < -0.4 is 10.6 Å². The molecule has 1 aromatic heterocycles. The van der Waals surface area contributed by atoms with Gasteiger partial charge in [0.05, 0.1) is 6.54 Å². The minimum atomic E-state index is 0. The first-order valence-corrected chi connectivity index (χ1v) is 8.32. The summed E-state index contributed by atoms with van der Waals surface area (Å²) in [6.07, 6.45) is 1.90. The monoisotopic (exact) mass is 444 g/mol. The van der Waals surface area contributed by atoms with E-state index in [1.807, 2.05) is 6.20 Å². The van der Waals surface area contributed by atoms with E-state index < -0.39 is 0 Å². The molecule has 2 rings (SSSR count). The van der Waals surface area contributed by atoms with E-state index in [1.54, 1.807) is 18.4 Å². The summed E-state index contributed by atoms with van der Waals surface area (Å²) in [6.45, 7) is 7.95. The molecule has 2 aromatic rings. The van der Waals surface area contributed by atoms with Crippen LogP contribution in [0.4, 0.5) is 0 Å². The summed E-state index contributed by atoms with van der Waals surface area (Å²) in [5, 5.41) is 7.75. The van der Waals surface area contributed by atoms with Crippen molar-refractivity contribution in [1.29, 1.82) is 0 Å². The topological polar surface area (TPSA) is 49.3 Å². The molecule has 6 heteroatoms. The number of hydrogen-bond donors (Lipinski definition) is 2. The summed E-state index contributed by atoms with van der Waals surface area (Å²) < 4.78 is 0. The molecular formula is C17H25IN4S. The largest absolute Gasteiger partial charge is 0.356 e. The Morgan fingerprint density at radius 1 is 1.22 bits per heavy atom. The van der Waals surface area contributed by atoms with E-state index in [0.717, 1.165) is 17.5 Å². The van der Waals surface area contributed by atoms with Gasteiger partial charge in [-0.05, 0) is 25.3 Å². The first-order chi connectivity index (χ1) is 10.6. The Kier molecular flexibility index (Phi) is 8.54. The molecule has 1 aromatic carbocycles.